The van der Waals surface area contributed by atoms with Gasteiger partial charge in [-0.3, -0.25) is 9.59 Å². The number of carboxylic acid groups (broad SMARTS) is 1. The number of rotatable bonds is 6. The van der Waals surface area contributed by atoms with Crippen LogP contribution in [0.15, 0.2) is 0 Å². The lowest BCUT2D eigenvalue weighted by molar-refractivity contribution is -0.140. The summed E-state index contributed by atoms with van der Waals surface area (Å²) in [4.78, 5) is 21.3. The van der Waals surface area contributed by atoms with E-state index in [0.717, 1.165) is 0 Å². The molecule has 0 aliphatic heterocycles. The average molecular weight is 221 g/mol. The number of nitrogens with two attached hydrogens (primary N) is 1. The molecule has 0 aromatic rings. The van der Waals surface area contributed by atoms with Crippen LogP contribution in [-0.4, -0.2) is 41.2 Å². The number of ether oxygens (including phenoxy) is 1. The topological polar surface area (TPSA) is 89.6 Å². The van der Waals surface area contributed by atoms with Crippen molar-refractivity contribution < 1.29 is 19.4 Å². The molecule has 3 N–H and O–H groups in total. The van der Waals surface area contributed by atoms with Crippen LogP contribution < -0.4 is 5.73 Å². The SMILES string of the molecule is COC(=O)C(C)SCCC(N)C(=O)O. The maximum Gasteiger partial charge on any atom is 0.320 e. The van der Waals surface area contributed by atoms with E-state index < -0.39 is 12.0 Å². The smallest absolute Gasteiger partial charge is 0.320 e. The zero-order valence-corrected chi connectivity index (χ0v) is 9.04. The van der Waals surface area contributed by atoms with Crippen LogP contribution in [-0.2, 0) is 14.3 Å². The van der Waals surface area contributed by atoms with Gasteiger partial charge >= 0.3 is 11.9 Å². The second kappa shape index (κ2) is 6.67. The van der Waals surface area contributed by atoms with E-state index in [0.29, 0.717) is 12.2 Å². The van der Waals surface area contributed by atoms with Gasteiger partial charge in [0.25, 0.3) is 0 Å². The fourth-order valence-corrected chi connectivity index (χ4v) is 1.71. The highest BCUT2D eigenvalue weighted by Gasteiger charge is 2.15. The molecule has 0 saturated carbocycles. The van der Waals surface area contributed by atoms with Crippen LogP contribution in [0.1, 0.15) is 13.3 Å². The van der Waals surface area contributed by atoms with Crippen LogP contribution in [0.4, 0.5) is 0 Å². The van der Waals surface area contributed by atoms with Crippen LogP contribution in [0.5, 0.6) is 0 Å². The number of carbonyl (C=O) groups is 2. The number of hydrogen-bond donors (Lipinski definition) is 2. The first-order chi connectivity index (χ1) is 6.49. The minimum atomic E-state index is -1.02. The van der Waals surface area contributed by atoms with Gasteiger partial charge in [-0.05, 0) is 19.1 Å². The Hall–Kier alpha value is -0.750. The minimum Gasteiger partial charge on any atom is -0.480 e. The average Bonchev–Trinajstić information content (AvgIpc) is 2.15. The van der Waals surface area contributed by atoms with Crippen molar-refractivity contribution in [1.29, 1.82) is 0 Å². The summed E-state index contributed by atoms with van der Waals surface area (Å²) in [5.74, 6) is -0.792. The Bertz CT molecular complexity index is 210. The van der Waals surface area contributed by atoms with Crippen LogP contribution in [0.25, 0.3) is 0 Å². The highest BCUT2D eigenvalue weighted by atomic mass is 32.2. The van der Waals surface area contributed by atoms with Crippen LogP contribution >= 0.6 is 11.8 Å². The van der Waals surface area contributed by atoms with Gasteiger partial charge in [0.1, 0.15) is 6.04 Å². The second-order valence-corrected chi connectivity index (χ2v) is 4.22. The molecule has 0 aliphatic carbocycles. The number of aliphatic carboxylic acids is 1. The van der Waals surface area contributed by atoms with E-state index in [1.165, 1.54) is 18.9 Å². The van der Waals surface area contributed by atoms with Gasteiger partial charge in [-0.15, -0.1) is 11.8 Å². The van der Waals surface area contributed by atoms with E-state index in [4.69, 9.17) is 10.8 Å². The van der Waals surface area contributed by atoms with Gasteiger partial charge in [0.15, 0.2) is 0 Å². The summed E-state index contributed by atoms with van der Waals surface area (Å²) in [7, 11) is 1.32. The first-order valence-electron chi connectivity index (χ1n) is 4.16. The van der Waals surface area contributed by atoms with Gasteiger partial charge in [-0.1, -0.05) is 0 Å². The third kappa shape index (κ3) is 5.08. The molecule has 0 heterocycles. The van der Waals surface area contributed by atoms with Gasteiger partial charge in [0, 0.05) is 0 Å². The maximum atomic E-state index is 10.9. The fourth-order valence-electron chi connectivity index (χ4n) is 0.729. The highest BCUT2D eigenvalue weighted by Crippen LogP contribution is 2.13. The molecule has 0 saturated heterocycles. The third-order valence-electron chi connectivity index (χ3n) is 1.65. The van der Waals surface area contributed by atoms with Crippen molar-refractivity contribution in [2.75, 3.05) is 12.9 Å². The molecule has 6 heteroatoms. The summed E-state index contributed by atoms with van der Waals surface area (Å²) < 4.78 is 4.51. The maximum absolute atomic E-state index is 10.9. The van der Waals surface area contributed by atoms with Gasteiger partial charge in [-0.2, -0.15) is 0 Å². The molecule has 0 aromatic carbocycles. The molecule has 0 aromatic heterocycles. The molecule has 0 fully saturated rings. The molecule has 2 unspecified atom stereocenters. The van der Waals surface area contributed by atoms with Crippen molar-refractivity contribution in [2.45, 2.75) is 24.6 Å². The number of carboxylic acids is 1. The predicted molar refractivity (Wildman–Crippen MR) is 54.2 cm³/mol. The van der Waals surface area contributed by atoms with Gasteiger partial charge in [0.05, 0.1) is 12.4 Å². The predicted octanol–water partition coefficient (Wildman–Crippen LogP) is 0.0831. The van der Waals surface area contributed by atoms with Crippen molar-refractivity contribution in [2.24, 2.45) is 5.73 Å². The molecule has 0 rings (SSSR count). The standard InChI is InChI=1S/C8H15NO4S/c1-5(8(12)13-2)14-4-3-6(9)7(10)11/h5-6H,3-4,9H2,1-2H3,(H,10,11). The lowest BCUT2D eigenvalue weighted by atomic mass is 10.2. The van der Waals surface area contributed by atoms with E-state index in [-0.39, 0.29) is 11.2 Å². The molecule has 0 radical (unpaired) electrons. The Balaban J connectivity index is 3.64. The molecule has 0 bridgehead atoms. The molecule has 0 amide bonds. The Morgan fingerprint density at radius 3 is 2.57 bits per heavy atom. The Labute approximate surface area is 87.0 Å². The molecule has 2 atom stereocenters. The Morgan fingerprint density at radius 2 is 2.14 bits per heavy atom. The van der Waals surface area contributed by atoms with Crippen molar-refractivity contribution >= 4 is 23.7 Å². The molecule has 5 nitrogen and oxygen atoms in total. The van der Waals surface area contributed by atoms with E-state index in [9.17, 15) is 9.59 Å². The van der Waals surface area contributed by atoms with E-state index in [2.05, 4.69) is 4.74 Å². The lowest BCUT2D eigenvalue weighted by Crippen LogP contribution is -2.30. The van der Waals surface area contributed by atoms with Crippen molar-refractivity contribution in [3.05, 3.63) is 0 Å². The quantitative estimate of drug-likeness (QED) is 0.617. The van der Waals surface area contributed by atoms with Crippen LogP contribution in [0, 0.1) is 0 Å². The zero-order valence-electron chi connectivity index (χ0n) is 8.23. The molecular weight excluding hydrogens is 206 g/mol. The van der Waals surface area contributed by atoms with E-state index in [1.807, 2.05) is 0 Å². The number of carbonyl (C=O) groups excluding carboxylic acids is 1. The number of thioether (sulfide) groups is 1. The molecule has 14 heavy (non-hydrogen) atoms. The van der Waals surface area contributed by atoms with Gasteiger partial charge in [-0.25, -0.2) is 0 Å². The monoisotopic (exact) mass is 221 g/mol. The van der Waals surface area contributed by atoms with Crippen molar-refractivity contribution in [1.82, 2.24) is 0 Å². The van der Waals surface area contributed by atoms with Crippen LogP contribution in [0.3, 0.4) is 0 Å². The van der Waals surface area contributed by atoms with E-state index >= 15 is 0 Å². The normalized spacial score (nSPS) is 14.5. The summed E-state index contributed by atoms with van der Waals surface area (Å²) in [6, 6.07) is -0.854. The van der Waals surface area contributed by atoms with Gasteiger partial charge in [0.2, 0.25) is 0 Å². The molecule has 0 aliphatic rings. The summed E-state index contributed by atoms with van der Waals surface area (Å²) in [6.07, 6.45) is 0.349. The minimum absolute atomic E-state index is 0.277. The second-order valence-electron chi connectivity index (χ2n) is 2.77. The Morgan fingerprint density at radius 1 is 1.57 bits per heavy atom. The molecular formula is C8H15NO4S. The van der Waals surface area contributed by atoms with Crippen molar-refractivity contribution in [3.8, 4) is 0 Å². The third-order valence-corrected chi connectivity index (χ3v) is 2.81. The first kappa shape index (κ1) is 13.2. The summed E-state index contributed by atoms with van der Waals surface area (Å²) in [5, 5.41) is 8.20. The lowest BCUT2D eigenvalue weighted by Gasteiger charge is -2.09. The number of methoxy groups -OCH3 is 1. The van der Waals surface area contributed by atoms with Crippen LogP contribution in [0.2, 0.25) is 0 Å². The summed E-state index contributed by atoms with van der Waals surface area (Å²) >= 11 is 1.34. The van der Waals surface area contributed by atoms with E-state index in [1.54, 1.807) is 6.92 Å². The van der Waals surface area contributed by atoms with Gasteiger partial charge < -0.3 is 15.6 Å². The summed E-state index contributed by atoms with van der Waals surface area (Å²) in [6.45, 7) is 1.71. The zero-order chi connectivity index (χ0) is 11.1. The summed E-state index contributed by atoms with van der Waals surface area (Å²) in [5.41, 5.74) is 5.28. The molecule has 82 valence electrons. The molecule has 0 spiro atoms. The number of esters is 1. The first-order valence-corrected chi connectivity index (χ1v) is 5.21. The highest BCUT2D eigenvalue weighted by molar-refractivity contribution is 8.00. The number of hydrogen-bond acceptors (Lipinski definition) is 5. The fraction of sp³-hybridized carbons (Fsp3) is 0.750. The Kier molecular flexibility index (Phi) is 6.31. The largest absolute Gasteiger partial charge is 0.480 e. The van der Waals surface area contributed by atoms with Crippen molar-refractivity contribution in [3.63, 3.8) is 0 Å².